The number of carbonyl (C=O) groups excluding carboxylic acids is 1. The monoisotopic (exact) mass is 376 g/mol. The average molecular weight is 376 g/mol. The van der Waals surface area contributed by atoms with Crippen LogP contribution in [0.4, 0.5) is 0 Å². The van der Waals surface area contributed by atoms with Gasteiger partial charge in [0.1, 0.15) is 0 Å². The van der Waals surface area contributed by atoms with Crippen LogP contribution >= 0.6 is 11.3 Å². The second kappa shape index (κ2) is 6.48. The van der Waals surface area contributed by atoms with E-state index in [0.29, 0.717) is 17.2 Å². The smallest absolute Gasteiger partial charge is 0.310 e. The number of carbonyl (C=O) groups is 1. The molecule has 4 rings (SSSR count). The zero-order valence-electron chi connectivity index (χ0n) is 14.7. The van der Waals surface area contributed by atoms with Gasteiger partial charge < -0.3 is 24.1 Å². The predicted octanol–water partition coefficient (Wildman–Crippen LogP) is 2.74. The molecule has 1 saturated heterocycles. The Hall–Kier alpha value is -2.25. The maximum atomic E-state index is 12.5. The second-order valence-electron chi connectivity index (χ2n) is 6.44. The molecule has 0 unspecified atom stereocenters. The van der Waals surface area contributed by atoms with Crippen molar-refractivity contribution in [2.45, 2.75) is 12.0 Å². The number of esters is 1. The van der Waals surface area contributed by atoms with Crippen LogP contribution in [0.1, 0.15) is 28.0 Å². The molecular weight excluding hydrogens is 356 g/mol. The molecular formula is C19H20O6S. The van der Waals surface area contributed by atoms with Crippen molar-refractivity contribution in [2.75, 3.05) is 27.9 Å². The van der Waals surface area contributed by atoms with Gasteiger partial charge in [-0.2, -0.15) is 0 Å². The molecule has 26 heavy (non-hydrogen) atoms. The second-order valence-corrected chi connectivity index (χ2v) is 7.39. The lowest BCUT2D eigenvalue weighted by molar-refractivity contribution is -0.141. The number of aliphatic hydroxyl groups excluding tert-OH is 1. The van der Waals surface area contributed by atoms with Crippen molar-refractivity contribution in [1.29, 1.82) is 0 Å². The lowest BCUT2D eigenvalue weighted by Gasteiger charge is -2.34. The zero-order chi connectivity index (χ0) is 18.4. The Morgan fingerprint density at radius 2 is 1.85 bits per heavy atom. The first-order valence-corrected chi connectivity index (χ1v) is 9.20. The molecule has 2 heterocycles. The summed E-state index contributed by atoms with van der Waals surface area (Å²) in [6.45, 7) is 0.239. The van der Waals surface area contributed by atoms with E-state index in [1.54, 1.807) is 21.3 Å². The Labute approximate surface area is 155 Å². The normalized spacial score (nSPS) is 26.7. The van der Waals surface area contributed by atoms with Gasteiger partial charge in [0.2, 0.25) is 5.75 Å². The highest BCUT2D eigenvalue weighted by molar-refractivity contribution is 7.10. The molecule has 1 aliphatic heterocycles. The Kier molecular flexibility index (Phi) is 4.28. The van der Waals surface area contributed by atoms with Crippen LogP contribution in [0, 0.1) is 11.8 Å². The molecule has 0 radical (unpaired) electrons. The minimum atomic E-state index is -0.681. The summed E-state index contributed by atoms with van der Waals surface area (Å²) >= 11 is 1.51. The van der Waals surface area contributed by atoms with Crippen molar-refractivity contribution in [3.05, 3.63) is 39.6 Å². The molecule has 0 spiro atoms. The van der Waals surface area contributed by atoms with Crippen LogP contribution in [0.3, 0.4) is 0 Å². The number of ether oxygens (including phenoxy) is 4. The molecule has 1 N–H and O–H groups in total. The molecule has 0 saturated carbocycles. The summed E-state index contributed by atoms with van der Waals surface area (Å²) in [5.41, 5.74) is 1.83. The molecule has 7 heteroatoms. The SMILES string of the molecule is COc1cc([C@@H]2c3ccsc3[C@@H](O)[C@H]3COC(=O)[C@@H]23)cc(OC)c1OC. The van der Waals surface area contributed by atoms with E-state index in [-0.39, 0.29) is 24.4 Å². The van der Waals surface area contributed by atoms with E-state index >= 15 is 0 Å². The summed E-state index contributed by atoms with van der Waals surface area (Å²) in [7, 11) is 4.68. The van der Waals surface area contributed by atoms with Gasteiger partial charge in [-0.25, -0.2) is 0 Å². The number of benzene rings is 1. The maximum Gasteiger partial charge on any atom is 0.310 e. The topological polar surface area (TPSA) is 74.2 Å². The molecule has 2 aliphatic rings. The van der Waals surface area contributed by atoms with Crippen LogP contribution in [-0.4, -0.2) is 39.0 Å². The van der Waals surface area contributed by atoms with Gasteiger partial charge in [0, 0.05) is 16.7 Å². The fourth-order valence-electron chi connectivity index (χ4n) is 4.11. The minimum Gasteiger partial charge on any atom is -0.493 e. The standard InChI is InChI=1S/C19H20O6S/c1-22-12-6-9(7-13(23-2)17(12)24-3)14-10-4-5-26-18(10)16(20)11-8-25-19(21)15(11)14/h4-7,11,14-16,20H,8H2,1-3H3/t11-,14+,15+,16-/m0/s1. The molecule has 2 aromatic rings. The van der Waals surface area contributed by atoms with E-state index < -0.39 is 12.0 Å². The summed E-state index contributed by atoms with van der Waals surface area (Å²) in [4.78, 5) is 13.4. The quantitative estimate of drug-likeness (QED) is 0.827. The highest BCUT2D eigenvalue weighted by atomic mass is 32.1. The van der Waals surface area contributed by atoms with Crippen LogP contribution in [0.2, 0.25) is 0 Å². The zero-order valence-corrected chi connectivity index (χ0v) is 15.5. The van der Waals surface area contributed by atoms with E-state index in [1.165, 1.54) is 11.3 Å². The summed E-state index contributed by atoms with van der Waals surface area (Å²) in [5, 5.41) is 12.6. The fraction of sp³-hybridized carbons (Fsp3) is 0.421. The van der Waals surface area contributed by atoms with Gasteiger partial charge in [-0.3, -0.25) is 4.79 Å². The van der Waals surface area contributed by atoms with Crippen molar-refractivity contribution >= 4 is 17.3 Å². The number of cyclic esters (lactones) is 1. The largest absolute Gasteiger partial charge is 0.493 e. The highest BCUT2D eigenvalue weighted by Crippen LogP contribution is 2.54. The van der Waals surface area contributed by atoms with E-state index in [9.17, 15) is 9.90 Å². The third kappa shape index (κ3) is 2.38. The van der Waals surface area contributed by atoms with E-state index in [4.69, 9.17) is 18.9 Å². The first-order chi connectivity index (χ1) is 12.6. The molecule has 1 aromatic carbocycles. The summed E-state index contributed by atoms with van der Waals surface area (Å²) in [6, 6.07) is 5.71. The Balaban J connectivity index is 1.91. The number of hydrogen-bond donors (Lipinski definition) is 1. The van der Waals surface area contributed by atoms with E-state index in [1.807, 2.05) is 23.6 Å². The molecule has 0 amide bonds. The average Bonchev–Trinajstić information content (AvgIpc) is 3.29. The maximum absolute atomic E-state index is 12.5. The van der Waals surface area contributed by atoms with Gasteiger partial charge in [0.05, 0.1) is 40.0 Å². The molecule has 1 aliphatic carbocycles. The number of methoxy groups -OCH3 is 3. The van der Waals surface area contributed by atoms with Crippen molar-refractivity contribution in [3.8, 4) is 17.2 Å². The van der Waals surface area contributed by atoms with Crippen LogP contribution in [-0.2, 0) is 9.53 Å². The molecule has 6 nitrogen and oxygen atoms in total. The van der Waals surface area contributed by atoms with Crippen LogP contribution in [0.15, 0.2) is 23.6 Å². The number of aliphatic hydroxyl groups is 1. The Morgan fingerprint density at radius 1 is 1.15 bits per heavy atom. The van der Waals surface area contributed by atoms with Crippen molar-refractivity contribution in [3.63, 3.8) is 0 Å². The van der Waals surface area contributed by atoms with E-state index in [0.717, 1.165) is 16.0 Å². The summed E-state index contributed by atoms with van der Waals surface area (Å²) < 4.78 is 21.6. The van der Waals surface area contributed by atoms with Gasteiger partial charge in [-0.05, 0) is 34.7 Å². The molecule has 1 aromatic heterocycles. The fourth-order valence-corrected chi connectivity index (χ4v) is 5.11. The minimum absolute atomic E-state index is 0.228. The molecule has 1 fully saturated rings. The third-order valence-corrected chi connectivity index (χ3v) is 6.30. The van der Waals surface area contributed by atoms with Crippen molar-refractivity contribution < 1.29 is 28.8 Å². The highest BCUT2D eigenvalue weighted by Gasteiger charge is 2.52. The van der Waals surface area contributed by atoms with Gasteiger partial charge in [-0.15, -0.1) is 11.3 Å². The van der Waals surface area contributed by atoms with Gasteiger partial charge in [-0.1, -0.05) is 0 Å². The number of thiophene rings is 1. The summed E-state index contributed by atoms with van der Waals surface area (Å²) in [6.07, 6.45) is -0.681. The first kappa shape index (κ1) is 17.2. The Morgan fingerprint density at radius 3 is 2.46 bits per heavy atom. The first-order valence-electron chi connectivity index (χ1n) is 8.32. The van der Waals surface area contributed by atoms with Crippen molar-refractivity contribution in [2.24, 2.45) is 11.8 Å². The van der Waals surface area contributed by atoms with E-state index in [2.05, 4.69) is 0 Å². The van der Waals surface area contributed by atoms with Crippen LogP contribution < -0.4 is 14.2 Å². The number of rotatable bonds is 4. The Bertz CT molecular complexity index is 819. The van der Waals surface area contributed by atoms with Crippen LogP contribution in [0.25, 0.3) is 0 Å². The lowest BCUT2D eigenvalue weighted by Crippen LogP contribution is -2.33. The van der Waals surface area contributed by atoms with Gasteiger partial charge >= 0.3 is 5.97 Å². The van der Waals surface area contributed by atoms with Gasteiger partial charge in [0.25, 0.3) is 0 Å². The molecule has 0 bridgehead atoms. The predicted molar refractivity (Wildman–Crippen MR) is 95.2 cm³/mol. The van der Waals surface area contributed by atoms with Crippen LogP contribution in [0.5, 0.6) is 17.2 Å². The summed E-state index contributed by atoms with van der Waals surface area (Å²) in [5.74, 6) is 0.386. The van der Waals surface area contributed by atoms with Crippen molar-refractivity contribution in [1.82, 2.24) is 0 Å². The number of fused-ring (bicyclic) bond motifs is 2. The molecule has 4 atom stereocenters. The third-order valence-electron chi connectivity index (χ3n) is 5.29. The molecule has 138 valence electrons. The lowest BCUT2D eigenvalue weighted by atomic mass is 9.69. The van der Waals surface area contributed by atoms with Gasteiger partial charge in [0.15, 0.2) is 11.5 Å². The number of hydrogen-bond acceptors (Lipinski definition) is 7.